The molecule has 0 N–H and O–H groups in total. The van der Waals surface area contributed by atoms with Gasteiger partial charge in [0, 0.05) is 33.4 Å². The Morgan fingerprint density at radius 2 is 0.915 bits per heavy atom. The second kappa shape index (κ2) is 15.6. The molecule has 0 saturated heterocycles. The van der Waals surface area contributed by atoms with E-state index in [4.69, 9.17) is 11.3 Å². The molecule has 2 heterocycles. The van der Waals surface area contributed by atoms with Crippen LogP contribution in [0.3, 0.4) is 0 Å². The number of benzene rings is 11. The summed E-state index contributed by atoms with van der Waals surface area (Å²) in [7, 11) is -3.29. The second-order valence-electron chi connectivity index (χ2n) is 19.0. The Morgan fingerprint density at radius 3 is 1.68 bits per heavy atom. The van der Waals surface area contributed by atoms with Crippen LogP contribution in [-0.2, 0) is 0 Å². The highest BCUT2D eigenvalue weighted by Crippen LogP contribution is 2.57. The van der Waals surface area contributed by atoms with Gasteiger partial charge in [0.25, 0.3) is 0 Å². The molecule has 0 radical (unpaired) electrons. The number of hydrogen-bond donors (Lipinski definition) is 0. The van der Waals surface area contributed by atoms with Crippen molar-refractivity contribution in [1.29, 1.82) is 0 Å². The molecule has 0 spiro atoms. The van der Waals surface area contributed by atoms with E-state index < -0.39 is 14.1 Å². The SMILES string of the molecule is [2H]c1c([2H])c([2H])c(-c2ccc([Si](c3ccccc3)(c3ccccc3)c3cccc4c3C3c5ccccc5C4c4cccc(-n5c6ccccc6c6cc(-c7ccc8oc9ccccc9c8c7)ccc65)c43)cc2)c([2H])c1[2H]. The molecule has 13 aromatic rings. The van der Waals surface area contributed by atoms with Crippen molar-refractivity contribution in [3.8, 4) is 27.9 Å². The van der Waals surface area contributed by atoms with E-state index in [1.54, 1.807) is 0 Å². The smallest absolute Gasteiger partial charge is 0.179 e. The van der Waals surface area contributed by atoms with E-state index in [-0.39, 0.29) is 41.6 Å². The van der Waals surface area contributed by atoms with Crippen LogP contribution < -0.4 is 20.7 Å². The fourth-order valence-electron chi connectivity index (χ4n) is 12.8. The lowest BCUT2D eigenvalue weighted by atomic mass is 9.60. The summed E-state index contributed by atoms with van der Waals surface area (Å²) >= 11 is 0. The first-order chi connectivity index (χ1) is 37.3. The number of para-hydroxylation sites is 2. The van der Waals surface area contributed by atoms with Gasteiger partial charge in [-0.15, -0.1) is 0 Å². The van der Waals surface area contributed by atoms with Crippen molar-refractivity contribution in [1.82, 2.24) is 4.57 Å². The third-order valence-corrected chi connectivity index (χ3v) is 20.5. The summed E-state index contributed by atoms with van der Waals surface area (Å²) < 4.78 is 51.9. The maximum Gasteiger partial charge on any atom is 0.179 e. The first kappa shape index (κ1) is 35.4. The third-order valence-electron chi connectivity index (χ3n) is 15.6. The van der Waals surface area contributed by atoms with Crippen LogP contribution in [0.15, 0.2) is 265 Å². The molecule has 71 heavy (non-hydrogen) atoms. The Bertz CT molecular complexity index is 4480. The molecule has 332 valence electrons. The first-order valence-corrected chi connectivity index (χ1v) is 26.4. The molecule has 0 fully saturated rings. The number of aromatic nitrogens is 1. The van der Waals surface area contributed by atoms with Gasteiger partial charge in [-0.1, -0.05) is 218 Å². The summed E-state index contributed by atoms with van der Waals surface area (Å²) in [6.07, 6.45) is 0. The van der Waals surface area contributed by atoms with Crippen LogP contribution in [-0.4, -0.2) is 12.6 Å². The second-order valence-corrected chi connectivity index (χ2v) is 22.8. The number of nitrogens with zero attached hydrogens (tertiary/aromatic N) is 1. The number of hydrogen-bond acceptors (Lipinski definition) is 1. The average Bonchev–Trinajstić information content (AvgIpc) is 4.13. The Balaban J connectivity index is 0.973. The zero-order valence-electron chi connectivity index (χ0n) is 43.4. The van der Waals surface area contributed by atoms with Crippen molar-refractivity contribution in [3.05, 3.63) is 294 Å². The van der Waals surface area contributed by atoms with Gasteiger partial charge in [-0.05, 0) is 119 Å². The molecule has 2 aromatic heterocycles. The Kier molecular flexibility index (Phi) is 7.78. The summed E-state index contributed by atoms with van der Waals surface area (Å²) in [5.41, 5.74) is 16.3. The van der Waals surface area contributed by atoms with Crippen molar-refractivity contribution in [2.45, 2.75) is 11.8 Å². The summed E-state index contributed by atoms with van der Waals surface area (Å²) in [5.74, 6) is -0.153. The number of rotatable bonds is 7. The van der Waals surface area contributed by atoms with Crippen LogP contribution in [0.4, 0.5) is 0 Å². The first-order valence-electron chi connectivity index (χ1n) is 26.9. The van der Waals surface area contributed by atoms with Crippen LogP contribution in [0.2, 0.25) is 0 Å². The predicted molar refractivity (Wildman–Crippen MR) is 297 cm³/mol. The van der Waals surface area contributed by atoms with E-state index in [0.29, 0.717) is 5.56 Å². The van der Waals surface area contributed by atoms with Crippen molar-refractivity contribution in [2.75, 3.05) is 0 Å². The zero-order chi connectivity index (χ0) is 51.0. The van der Waals surface area contributed by atoms with Crippen LogP contribution in [0.5, 0.6) is 0 Å². The molecular formula is C68H45NOSi. The standard InChI is InChI=1S/C68H45NOSi/c1-4-18-44(19-5-1)45-34-38-50(39-35-45)71(48-20-6-2-7-21-48,49-22-8-3-9-23-49)64-33-17-29-56-65-53-26-10-11-27-54(53)68(67(56)64)66-55(65)28-16-31-61(66)69-59-30-14-12-24-51(59)57-42-46(36-40-60(57)69)47-37-41-63-58(43-47)52-25-13-15-32-62(52)70-63/h1-43,65,68H/i1D,4D,5D,18D,19D. The molecule has 3 aliphatic rings. The number of fused-ring (bicyclic) bond motifs is 6. The molecule has 11 aromatic carbocycles. The van der Waals surface area contributed by atoms with Gasteiger partial charge in [0.2, 0.25) is 0 Å². The Morgan fingerprint density at radius 1 is 0.366 bits per heavy atom. The van der Waals surface area contributed by atoms with Gasteiger partial charge < -0.3 is 8.98 Å². The van der Waals surface area contributed by atoms with Crippen LogP contribution >= 0.6 is 0 Å². The minimum absolute atomic E-state index is 0.0237. The monoisotopic (exact) mass is 924 g/mol. The lowest BCUT2D eigenvalue weighted by Crippen LogP contribution is -2.75. The molecule has 2 nitrogen and oxygen atoms in total. The topological polar surface area (TPSA) is 18.1 Å². The third kappa shape index (κ3) is 5.81. The molecule has 2 bridgehead atoms. The molecule has 3 heteroatoms. The minimum Gasteiger partial charge on any atom is -0.456 e. The maximum absolute atomic E-state index is 8.90. The van der Waals surface area contributed by atoms with Gasteiger partial charge in [0.15, 0.2) is 8.07 Å². The van der Waals surface area contributed by atoms with Gasteiger partial charge in [-0.25, -0.2) is 0 Å². The fourth-order valence-corrected chi connectivity index (χ4v) is 17.8. The van der Waals surface area contributed by atoms with Crippen LogP contribution in [0, 0.1) is 0 Å². The molecule has 2 unspecified atom stereocenters. The Labute approximate surface area is 420 Å². The van der Waals surface area contributed by atoms with Gasteiger partial charge >= 0.3 is 0 Å². The molecule has 2 atom stereocenters. The van der Waals surface area contributed by atoms with E-state index in [2.05, 4.69) is 211 Å². The maximum atomic E-state index is 8.90. The highest BCUT2D eigenvalue weighted by molar-refractivity contribution is 7.20. The van der Waals surface area contributed by atoms with Crippen molar-refractivity contribution < 1.29 is 11.3 Å². The van der Waals surface area contributed by atoms with Gasteiger partial charge in [0.05, 0.1) is 23.6 Å². The van der Waals surface area contributed by atoms with Gasteiger partial charge in [-0.2, -0.15) is 0 Å². The predicted octanol–water partition coefficient (Wildman–Crippen LogP) is 14.4. The van der Waals surface area contributed by atoms with Crippen molar-refractivity contribution >= 4 is 72.6 Å². The Hall–Kier alpha value is -8.76. The van der Waals surface area contributed by atoms with E-state index in [9.17, 15) is 0 Å². The van der Waals surface area contributed by atoms with Gasteiger partial charge in [0.1, 0.15) is 11.2 Å². The molecule has 0 aliphatic heterocycles. The minimum atomic E-state index is -3.29. The van der Waals surface area contributed by atoms with E-state index in [0.717, 1.165) is 49.3 Å². The summed E-state index contributed by atoms with van der Waals surface area (Å²) in [6, 6.07) is 82.3. The van der Waals surface area contributed by atoms with E-state index >= 15 is 0 Å². The lowest BCUT2D eigenvalue weighted by Gasteiger charge is -2.47. The highest BCUT2D eigenvalue weighted by Gasteiger charge is 2.50. The van der Waals surface area contributed by atoms with Crippen molar-refractivity contribution in [3.63, 3.8) is 0 Å². The summed E-state index contributed by atoms with van der Waals surface area (Å²) in [4.78, 5) is 0. The summed E-state index contributed by atoms with van der Waals surface area (Å²) in [5, 5.41) is 9.51. The summed E-state index contributed by atoms with van der Waals surface area (Å²) in [6.45, 7) is 0. The lowest BCUT2D eigenvalue weighted by molar-refractivity contribution is 0.669. The quantitative estimate of drug-likeness (QED) is 0.115. The average molecular weight is 925 g/mol. The molecule has 0 saturated carbocycles. The molecule has 0 amide bonds. The molecule has 3 aliphatic carbocycles. The largest absolute Gasteiger partial charge is 0.456 e. The molecule has 16 rings (SSSR count). The van der Waals surface area contributed by atoms with E-state index in [1.165, 1.54) is 65.4 Å². The van der Waals surface area contributed by atoms with Crippen molar-refractivity contribution in [2.24, 2.45) is 0 Å². The van der Waals surface area contributed by atoms with Crippen LogP contribution in [0.1, 0.15) is 52.1 Å². The number of furan rings is 1. The fraction of sp³-hybridized carbons (Fsp3) is 0.0294. The van der Waals surface area contributed by atoms with E-state index in [1.807, 2.05) is 24.3 Å². The van der Waals surface area contributed by atoms with Crippen LogP contribution in [0.25, 0.3) is 71.7 Å². The molecular weight excluding hydrogens is 875 g/mol. The normalized spacial score (nSPS) is 15.7. The highest BCUT2D eigenvalue weighted by atomic mass is 28.3. The van der Waals surface area contributed by atoms with Gasteiger partial charge in [-0.3, -0.25) is 0 Å². The zero-order valence-corrected chi connectivity index (χ0v) is 39.4.